The molecular formula is C9H8N2O5. The number of carbonyl (C=O) groups is 2. The molecule has 0 bridgehead atoms. The van der Waals surface area contributed by atoms with E-state index in [0.29, 0.717) is 0 Å². The van der Waals surface area contributed by atoms with Crippen molar-refractivity contribution in [3.05, 3.63) is 39.9 Å². The first kappa shape index (κ1) is 11.6. The largest absolute Gasteiger partial charge is 0.452 e. The van der Waals surface area contributed by atoms with Crippen LogP contribution in [0.15, 0.2) is 24.3 Å². The van der Waals surface area contributed by atoms with Crippen molar-refractivity contribution in [2.24, 2.45) is 5.73 Å². The average Bonchev–Trinajstić information content (AvgIpc) is 2.26. The summed E-state index contributed by atoms with van der Waals surface area (Å²) in [5.74, 6) is -1.52. The van der Waals surface area contributed by atoms with Crippen LogP contribution in [0.5, 0.6) is 0 Å². The number of non-ortho nitro benzene ring substituents is 1. The Morgan fingerprint density at radius 2 is 1.88 bits per heavy atom. The minimum absolute atomic E-state index is 0.117. The van der Waals surface area contributed by atoms with Crippen molar-refractivity contribution in [1.82, 2.24) is 0 Å². The number of hydrogen-bond donors (Lipinski definition) is 1. The van der Waals surface area contributed by atoms with Crippen LogP contribution < -0.4 is 5.73 Å². The molecule has 0 saturated heterocycles. The fraction of sp³-hybridized carbons (Fsp3) is 0.111. The van der Waals surface area contributed by atoms with Gasteiger partial charge in [0, 0.05) is 12.1 Å². The van der Waals surface area contributed by atoms with Gasteiger partial charge >= 0.3 is 5.97 Å². The Kier molecular flexibility index (Phi) is 3.54. The van der Waals surface area contributed by atoms with E-state index in [4.69, 9.17) is 5.73 Å². The Bertz CT molecular complexity index is 426. The molecule has 0 atom stereocenters. The molecule has 2 N–H and O–H groups in total. The Morgan fingerprint density at radius 3 is 2.31 bits per heavy atom. The van der Waals surface area contributed by atoms with Crippen molar-refractivity contribution in [1.29, 1.82) is 0 Å². The van der Waals surface area contributed by atoms with Crippen molar-refractivity contribution >= 4 is 17.6 Å². The number of hydrogen-bond acceptors (Lipinski definition) is 5. The van der Waals surface area contributed by atoms with Gasteiger partial charge in [-0.1, -0.05) is 0 Å². The number of rotatable bonds is 4. The summed E-state index contributed by atoms with van der Waals surface area (Å²) in [5.41, 5.74) is 4.76. The fourth-order valence-electron chi connectivity index (χ4n) is 0.939. The lowest BCUT2D eigenvalue weighted by Crippen LogP contribution is -2.20. The highest BCUT2D eigenvalue weighted by molar-refractivity contribution is 5.91. The number of benzene rings is 1. The van der Waals surface area contributed by atoms with E-state index in [9.17, 15) is 19.7 Å². The third-order valence-electron chi connectivity index (χ3n) is 1.66. The zero-order chi connectivity index (χ0) is 12.1. The van der Waals surface area contributed by atoms with Crippen molar-refractivity contribution in [3.63, 3.8) is 0 Å². The summed E-state index contributed by atoms with van der Waals surface area (Å²) in [7, 11) is 0. The molecule has 16 heavy (non-hydrogen) atoms. The Morgan fingerprint density at radius 1 is 1.31 bits per heavy atom. The second-order valence-electron chi connectivity index (χ2n) is 2.85. The van der Waals surface area contributed by atoms with Gasteiger partial charge in [-0.2, -0.15) is 0 Å². The van der Waals surface area contributed by atoms with E-state index >= 15 is 0 Å². The maximum Gasteiger partial charge on any atom is 0.338 e. The third kappa shape index (κ3) is 3.05. The van der Waals surface area contributed by atoms with Crippen LogP contribution in [0.1, 0.15) is 10.4 Å². The predicted octanol–water partition coefficient (Wildman–Crippen LogP) is 0.237. The van der Waals surface area contributed by atoms with Gasteiger partial charge in [0.05, 0.1) is 10.5 Å². The second kappa shape index (κ2) is 4.87. The molecule has 1 aromatic rings. The van der Waals surface area contributed by atoms with Crippen molar-refractivity contribution in [2.45, 2.75) is 0 Å². The molecule has 0 heterocycles. The lowest BCUT2D eigenvalue weighted by Gasteiger charge is -2.01. The van der Waals surface area contributed by atoms with Crippen molar-refractivity contribution in [2.75, 3.05) is 6.61 Å². The number of nitro benzene ring substituents is 1. The smallest absolute Gasteiger partial charge is 0.338 e. The maximum absolute atomic E-state index is 11.2. The first-order valence-corrected chi connectivity index (χ1v) is 4.20. The summed E-state index contributed by atoms with van der Waals surface area (Å²) < 4.78 is 4.51. The molecule has 7 nitrogen and oxygen atoms in total. The molecule has 1 amide bonds. The van der Waals surface area contributed by atoms with Gasteiger partial charge in [0.1, 0.15) is 0 Å². The highest BCUT2D eigenvalue weighted by atomic mass is 16.6. The normalized spacial score (nSPS) is 9.50. The quantitative estimate of drug-likeness (QED) is 0.447. The summed E-state index contributed by atoms with van der Waals surface area (Å²) in [6.07, 6.45) is 0. The standard InChI is InChI=1S/C9H8N2O5/c10-8(12)5-16-9(13)6-1-3-7(4-2-6)11(14)15/h1-4H,5H2,(H2,10,12). The fourth-order valence-corrected chi connectivity index (χ4v) is 0.939. The van der Waals surface area contributed by atoms with Gasteiger partial charge in [0.15, 0.2) is 6.61 Å². The van der Waals surface area contributed by atoms with Gasteiger partial charge in [-0.05, 0) is 12.1 Å². The van der Waals surface area contributed by atoms with E-state index in [0.717, 1.165) is 0 Å². The molecular weight excluding hydrogens is 216 g/mol. The first-order valence-electron chi connectivity index (χ1n) is 4.20. The lowest BCUT2D eigenvalue weighted by molar-refractivity contribution is -0.384. The molecule has 0 spiro atoms. The highest BCUT2D eigenvalue weighted by Gasteiger charge is 2.11. The van der Waals surface area contributed by atoms with Crippen LogP contribution in [0.2, 0.25) is 0 Å². The van der Waals surface area contributed by atoms with Crippen molar-refractivity contribution < 1.29 is 19.2 Å². The predicted molar refractivity (Wildman–Crippen MR) is 52.6 cm³/mol. The van der Waals surface area contributed by atoms with Gasteiger partial charge in [-0.3, -0.25) is 14.9 Å². The number of carbonyl (C=O) groups excluding carboxylic acids is 2. The minimum atomic E-state index is -0.768. The van der Waals surface area contributed by atoms with E-state index in [1.807, 2.05) is 0 Å². The molecule has 0 radical (unpaired) electrons. The number of nitrogens with zero attached hydrogens (tertiary/aromatic N) is 1. The molecule has 0 aliphatic heterocycles. The first-order chi connectivity index (χ1) is 7.50. The second-order valence-corrected chi connectivity index (χ2v) is 2.85. The molecule has 0 saturated carbocycles. The van der Waals surface area contributed by atoms with Gasteiger partial charge in [-0.25, -0.2) is 4.79 Å². The molecule has 0 unspecified atom stereocenters. The van der Waals surface area contributed by atoms with Gasteiger partial charge in [0.25, 0.3) is 11.6 Å². The van der Waals surface area contributed by atoms with Crippen LogP contribution in [0.25, 0.3) is 0 Å². The van der Waals surface area contributed by atoms with E-state index in [-0.39, 0.29) is 11.3 Å². The molecule has 1 aromatic carbocycles. The Balaban J connectivity index is 2.70. The van der Waals surface area contributed by atoms with E-state index < -0.39 is 23.4 Å². The van der Waals surface area contributed by atoms with Crippen LogP contribution >= 0.6 is 0 Å². The number of primary amides is 1. The van der Waals surface area contributed by atoms with Gasteiger partial charge in [-0.15, -0.1) is 0 Å². The number of esters is 1. The molecule has 1 rings (SSSR count). The number of ether oxygens (including phenoxy) is 1. The van der Waals surface area contributed by atoms with Crippen molar-refractivity contribution in [3.8, 4) is 0 Å². The maximum atomic E-state index is 11.2. The van der Waals surface area contributed by atoms with Crippen LogP contribution in [0.4, 0.5) is 5.69 Å². The number of amides is 1. The van der Waals surface area contributed by atoms with Crippen LogP contribution in [0.3, 0.4) is 0 Å². The van der Waals surface area contributed by atoms with Gasteiger partial charge < -0.3 is 10.5 Å². The van der Waals surface area contributed by atoms with Crippen LogP contribution in [0, 0.1) is 10.1 Å². The zero-order valence-electron chi connectivity index (χ0n) is 8.08. The third-order valence-corrected chi connectivity index (χ3v) is 1.66. The highest BCUT2D eigenvalue weighted by Crippen LogP contribution is 2.12. The van der Waals surface area contributed by atoms with E-state index in [1.54, 1.807) is 0 Å². The summed E-state index contributed by atoms with van der Waals surface area (Å²) in [4.78, 5) is 31.3. The number of nitro groups is 1. The van der Waals surface area contributed by atoms with E-state index in [1.165, 1.54) is 24.3 Å². The SMILES string of the molecule is NC(=O)COC(=O)c1ccc([N+](=O)[O-])cc1. The van der Waals surface area contributed by atoms with Crippen LogP contribution in [-0.4, -0.2) is 23.4 Å². The molecule has 7 heteroatoms. The molecule has 0 aliphatic carbocycles. The summed E-state index contributed by atoms with van der Waals surface area (Å²) >= 11 is 0. The topological polar surface area (TPSA) is 113 Å². The summed E-state index contributed by atoms with van der Waals surface area (Å²) in [6, 6.07) is 4.81. The lowest BCUT2D eigenvalue weighted by atomic mass is 10.2. The molecule has 0 fully saturated rings. The number of nitrogens with two attached hydrogens (primary N) is 1. The molecule has 0 aliphatic rings. The average molecular weight is 224 g/mol. The molecule has 84 valence electrons. The summed E-state index contributed by atoms with van der Waals surface area (Å²) in [5, 5.41) is 10.3. The Hall–Kier alpha value is -2.44. The van der Waals surface area contributed by atoms with E-state index in [2.05, 4.69) is 4.74 Å². The summed E-state index contributed by atoms with van der Waals surface area (Å²) in [6.45, 7) is -0.518. The minimum Gasteiger partial charge on any atom is -0.452 e. The zero-order valence-corrected chi connectivity index (χ0v) is 8.08. The van der Waals surface area contributed by atoms with Crippen LogP contribution in [-0.2, 0) is 9.53 Å². The Labute approximate surface area is 90.0 Å². The monoisotopic (exact) mass is 224 g/mol. The molecule has 0 aromatic heterocycles. The van der Waals surface area contributed by atoms with Gasteiger partial charge in [0.2, 0.25) is 0 Å².